The van der Waals surface area contributed by atoms with Gasteiger partial charge >= 0.3 is 23.9 Å². The van der Waals surface area contributed by atoms with Crippen LogP contribution in [0.4, 0.5) is 11.4 Å². The van der Waals surface area contributed by atoms with Gasteiger partial charge in [0.25, 0.3) is 5.69 Å². The van der Waals surface area contributed by atoms with E-state index in [4.69, 9.17) is 35.7 Å². The second-order valence-corrected chi connectivity index (χ2v) is 22.1. The van der Waals surface area contributed by atoms with E-state index in [2.05, 4.69) is 46.4 Å². The number of primary amides is 1. The number of carbonyl (C=O) groups is 5. The van der Waals surface area contributed by atoms with Crippen LogP contribution in [0.25, 0.3) is 67.6 Å². The summed E-state index contributed by atoms with van der Waals surface area (Å²) < 4.78 is 26.7. The highest BCUT2D eigenvalue weighted by Crippen LogP contribution is 2.30. The number of benzene rings is 4. The maximum atomic E-state index is 11.9. The molecule has 27 heteroatoms. The van der Waals surface area contributed by atoms with Crippen molar-refractivity contribution in [3.8, 4) is 51.1 Å². The van der Waals surface area contributed by atoms with Gasteiger partial charge in [-0.05, 0) is 172 Å². The zero-order chi connectivity index (χ0) is 70.1. The number of nitriles is 1. The summed E-state index contributed by atoms with van der Waals surface area (Å²) in [6, 6.07) is 36.9. The summed E-state index contributed by atoms with van der Waals surface area (Å²) in [7, 11) is 0. The van der Waals surface area contributed by atoms with Gasteiger partial charge in [-0.1, -0.05) is 18.2 Å². The van der Waals surface area contributed by atoms with Gasteiger partial charge in [0.2, 0.25) is 5.91 Å². The van der Waals surface area contributed by atoms with E-state index < -0.39 is 34.7 Å². The Labute approximate surface area is 555 Å². The number of ether oxygens (including phenoxy) is 4. The zero-order valence-corrected chi connectivity index (χ0v) is 55.3. The van der Waals surface area contributed by atoms with Gasteiger partial charge in [-0.25, -0.2) is 57.2 Å². The highest BCUT2D eigenvalue weighted by atomic mass is 16.6. The van der Waals surface area contributed by atoms with Crippen LogP contribution in [-0.2, 0) is 18.9 Å². The molecule has 0 radical (unpaired) electrons. The molecule has 12 aromatic rings. The zero-order valence-electron chi connectivity index (χ0n) is 55.3. The Balaban J connectivity index is 0.000000152. The van der Waals surface area contributed by atoms with Crippen molar-refractivity contribution in [2.24, 2.45) is 5.73 Å². The largest absolute Gasteiger partial charge is 0.461 e. The monoisotopic (exact) mass is 1310 g/mol. The van der Waals surface area contributed by atoms with Gasteiger partial charge in [0.15, 0.2) is 45.4 Å². The SMILES string of the molecule is CCOC(=O)c1cc(C)n2nc(-c3ccc(C#N)cc3C)cc2n1.CCOC(=O)c1cc(C)n2nc(-c3ccc(C(N)=O)cc3C)cc2n1.CCOC(=O)c1cc(C)n2nc(-c3ccc(N)cc3C)cc2n1.CCOC(=O)c1cc(C)n2nc(-c3ccc([N+](=O)[O-])cc3C)cc2n1. The summed E-state index contributed by atoms with van der Waals surface area (Å²) in [6.45, 7) is 23.2. The molecule has 4 N–H and O–H groups in total. The number of nitrogens with two attached hydrogens (primary N) is 2. The summed E-state index contributed by atoms with van der Waals surface area (Å²) in [6.07, 6.45) is 0. The molecule has 0 aliphatic heterocycles. The van der Waals surface area contributed by atoms with E-state index in [1.807, 2.05) is 90.9 Å². The second-order valence-electron chi connectivity index (χ2n) is 22.1. The van der Waals surface area contributed by atoms with Gasteiger partial charge in [0, 0.05) is 92.7 Å². The van der Waals surface area contributed by atoms with Crippen LogP contribution in [0, 0.1) is 76.8 Å². The van der Waals surface area contributed by atoms with E-state index in [1.165, 1.54) is 12.1 Å². The molecule has 0 spiro atoms. The van der Waals surface area contributed by atoms with E-state index in [1.54, 1.807) is 119 Å². The molecular weight excluding hydrogens is 1240 g/mol. The molecule has 0 aliphatic carbocycles. The van der Waals surface area contributed by atoms with Gasteiger partial charge in [-0.2, -0.15) is 25.7 Å². The molecule has 0 saturated heterocycles. The number of esters is 4. The van der Waals surface area contributed by atoms with Crippen molar-refractivity contribution in [1.29, 1.82) is 5.26 Å². The molecule has 0 atom stereocenters. The van der Waals surface area contributed by atoms with Crippen molar-refractivity contribution in [3.63, 3.8) is 0 Å². The third kappa shape index (κ3) is 15.4. The first-order valence-electron chi connectivity index (χ1n) is 30.6. The normalized spacial score (nSPS) is 10.8. The number of aryl methyl sites for hydroxylation is 8. The van der Waals surface area contributed by atoms with E-state index >= 15 is 0 Å². The van der Waals surface area contributed by atoms with Crippen LogP contribution >= 0.6 is 0 Å². The van der Waals surface area contributed by atoms with Crippen LogP contribution in [0.3, 0.4) is 0 Å². The van der Waals surface area contributed by atoms with Crippen LogP contribution < -0.4 is 11.5 Å². The maximum absolute atomic E-state index is 11.9. The van der Waals surface area contributed by atoms with Crippen LogP contribution in [0.1, 0.15) is 131 Å². The Morgan fingerprint density at radius 3 is 1.04 bits per heavy atom. The van der Waals surface area contributed by atoms with Crippen LogP contribution in [0.5, 0.6) is 0 Å². The first-order chi connectivity index (χ1) is 46.3. The molecule has 0 fully saturated rings. The molecule has 27 nitrogen and oxygen atoms in total. The minimum atomic E-state index is -0.484. The predicted molar refractivity (Wildman–Crippen MR) is 360 cm³/mol. The van der Waals surface area contributed by atoms with Gasteiger partial charge in [0.1, 0.15) is 0 Å². The first kappa shape index (κ1) is 68.8. The lowest BCUT2D eigenvalue weighted by Gasteiger charge is -2.04. The fourth-order valence-corrected chi connectivity index (χ4v) is 10.4. The number of carbonyl (C=O) groups excluding carboxylic acids is 5. The molecule has 8 aromatic heterocycles. The quantitative estimate of drug-likeness (QED) is 0.0336. The van der Waals surface area contributed by atoms with E-state index in [0.717, 1.165) is 78.7 Å². The average molecular weight is 1310 g/mol. The molecule has 0 unspecified atom stereocenters. The van der Waals surface area contributed by atoms with Crippen molar-refractivity contribution >= 4 is 63.7 Å². The standard InChI is InChI=1S/C18H18N4O3.C18H16N4O2.C17H16N4O4.C17H18N4O2/c1-4-25-18(24)15-8-11(3)22-16(20-15)9-14(21-22)13-6-5-12(17(19)23)7-10(13)2;1-4-24-18(23)16-8-12(3)22-17(20-16)9-15(21-22)14-6-5-13(10-19)7-11(14)2;1-4-25-17(22)15-8-11(3)20-16(18-15)9-14(19-20)13-6-5-12(21(23)24)7-10(13)2;1-4-23-17(22)15-8-11(3)21-16(19-15)9-14(20-21)13-6-5-12(18)7-10(13)2/h5-9H,4H2,1-3H3,(H2,19,23);5-9H,4H2,1-3H3;5-9H,4H2,1-3H3;5-9H,4,18H2,1-3H3. The van der Waals surface area contributed by atoms with E-state index in [-0.39, 0.29) is 35.1 Å². The first-order valence-corrected chi connectivity index (χ1v) is 30.6. The predicted octanol–water partition coefficient (Wildman–Crippen LogP) is 11.2. The number of nitro benzene ring substituents is 1. The number of rotatable bonds is 14. The summed E-state index contributed by atoms with van der Waals surface area (Å²) in [5, 5.41) is 38.0. The lowest BCUT2D eigenvalue weighted by molar-refractivity contribution is -0.384. The lowest BCUT2D eigenvalue weighted by Crippen LogP contribution is -2.11. The molecule has 12 rings (SSSR count). The number of amides is 1. The number of fused-ring (bicyclic) bond motifs is 4. The van der Waals surface area contributed by atoms with Crippen molar-refractivity contribution < 1.29 is 47.8 Å². The molecule has 4 aromatic carbocycles. The number of non-ortho nitro benzene ring substituents is 1. The van der Waals surface area contributed by atoms with Crippen molar-refractivity contribution in [1.82, 2.24) is 58.4 Å². The second kappa shape index (κ2) is 29.6. The van der Waals surface area contributed by atoms with Gasteiger partial charge in [-0.3, -0.25) is 14.9 Å². The summed E-state index contributed by atoms with van der Waals surface area (Å²) >= 11 is 0. The Bertz CT molecular complexity index is 4970. The molecule has 494 valence electrons. The van der Waals surface area contributed by atoms with Crippen molar-refractivity contribution in [3.05, 3.63) is 210 Å². The molecule has 97 heavy (non-hydrogen) atoms. The number of hydrogen-bond acceptors (Lipinski definition) is 21. The molecule has 0 aliphatic rings. The Hall–Kier alpha value is -12.6. The van der Waals surface area contributed by atoms with Crippen LogP contribution in [0.2, 0.25) is 0 Å². The van der Waals surface area contributed by atoms with Gasteiger partial charge < -0.3 is 30.4 Å². The topological polar surface area (TPSA) is 362 Å². The Kier molecular flexibility index (Phi) is 21.0. The minimum Gasteiger partial charge on any atom is -0.461 e. The molecule has 8 heterocycles. The number of nitro groups is 1. The molecule has 0 bridgehead atoms. The van der Waals surface area contributed by atoms with E-state index in [9.17, 15) is 34.1 Å². The van der Waals surface area contributed by atoms with Gasteiger partial charge in [-0.15, -0.1) is 0 Å². The molecule has 1 amide bonds. The fraction of sp³-hybridized carbons (Fsp3) is 0.229. The Morgan fingerprint density at radius 1 is 0.443 bits per heavy atom. The van der Waals surface area contributed by atoms with Crippen molar-refractivity contribution in [2.75, 3.05) is 32.2 Å². The average Bonchev–Trinajstić information content (AvgIpc) is 1.69. The molecular formula is C70H68N16O11. The number of nitrogen functional groups attached to an aromatic ring is 1. The lowest BCUT2D eigenvalue weighted by atomic mass is 10.0. The van der Waals surface area contributed by atoms with Gasteiger partial charge in [0.05, 0.1) is 65.8 Å². The third-order valence-corrected chi connectivity index (χ3v) is 15.0. The van der Waals surface area contributed by atoms with E-state index in [0.29, 0.717) is 70.6 Å². The van der Waals surface area contributed by atoms with Crippen molar-refractivity contribution in [2.45, 2.75) is 83.1 Å². The molecule has 0 saturated carbocycles. The van der Waals surface area contributed by atoms with Crippen LogP contribution in [-0.4, -0.2) is 120 Å². The number of aromatic nitrogens is 12. The highest BCUT2D eigenvalue weighted by Gasteiger charge is 2.21. The smallest absolute Gasteiger partial charge is 0.357 e. The summed E-state index contributed by atoms with van der Waals surface area (Å²) in [4.78, 5) is 86.6. The minimum absolute atomic E-state index is 0.0314. The number of nitrogens with zero attached hydrogens (tertiary/aromatic N) is 14. The summed E-state index contributed by atoms with van der Waals surface area (Å²) in [5.41, 5.74) is 29.3. The van der Waals surface area contributed by atoms with Crippen LogP contribution in [0.15, 0.2) is 121 Å². The third-order valence-electron chi connectivity index (χ3n) is 15.0. The number of anilines is 1. The maximum Gasteiger partial charge on any atom is 0.357 e. The Morgan fingerprint density at radius 2 is 0.753 bits per heavy atom. The highest BCUT2D eigenvalue weighted by molar-refractivity contribution is 5.94. The fourth-order valence-electron chi connectivity index (χ4n) is 10.4. The number of hydrogen-bond donors (Lipinski definition) is 2. The summed E-state index contributed by atoms with van der Waals surface area (Å²) in [5.74, 6) is -2.29.